The van der Waals surface area contributed by atoms with E-state index in [2.05, 4.69) is 10.6 Å². The topological polar surface area (TPSA) is 87.7 Å². The van der Waals surface area contributed by atoms with Crippen molar-refractivity contribution in [2.75, 3.05) is 13.7 Å². The average Bonchev–Trinajstić information content (AvgIpc) is 2.83. The molecule has 4 amide bonds. The minimum Gasteiger partial charge on any atom is -0.497 e. The zero-order valence-corrected chi connectivity index (χ0v) is 15.8. The number of nitrogens with one attached hydrogen (secondary N) is 2. The number of carbonyl (C=O) groups excluding carboxylic acids is 3. The van der Waals surface area contributed by atoms with E-state index in [0.717, 1.165) is 22.6 Å². The Morgan fingerprint density at radius 3 is 2.54 bits per heavy atom. The summed E-state index contributed by atoms with van der Waals surface area (Å²) in [5.41, 5.74) is 0.0373. The lowest BCUT2D eigenvalue weighted by Gasteiger charge is -2.22. The molecule has 7 nitrogen and oxygen atoms in total. The number of methoxy groups -OCH3 is 1. The van der Waals surface area contributed by atoms with Crippen molar-refractivity contribution in [2.24, 2.45) is 0 Å². The van der Waals surface area contributed by atoms with Gasteiger partial charge in [0.05, 0.1) is 7.11 Å². The summed E-state index contributed by atoms with van der Waals surface area (Å²) in [5.74, 6) is 0.0706. The van der Waals surface area contributed by atoms with Crippen LogP contribution in [0.1, 0.15) is 39.2 Å². The van der Waals surface area contributed by atoms with Gasteiger partial charge in [-0.05, 0) is 50.8 Å². The van der Waals surface area contributed by atoms with E-state index in [-0.39, 0.29) is 24.4 Å². The smallest absolute Gasteiger partial charge is 0.325 e. The Morgan fingerprint density at radius 1 is 1.31 bits per heavy atom. The van der Waals surface area contributed by atoms with Crippen molar-refractivity contribution >= 4 is 17.8 Å². The van der Waals surface area contributed by atoms with Crippen LogP contribution >= 0.6 is 0 Å². The highest BCUT2D eigenvalue weighted by atomic mass is 16.5. The number of rotatable bonds is 8. The van der Waals surface area contributed by atoms with Crippen LogP contribution in [-0.2, 0) is 16.0 Å². The molecule has 1 aliphatic heterocycles. The average molecular weight is 361 g/mol. The number of amides is 4. The van der Waals surface area contributed by atoms with Crippen molar-refractivity contribution in [1.82, 2.24) is 15.5 Å². The van der Waals surface area contributed by atoms with E-state index < -0.39 is 11.6 Å². The largest absolute Gasteiger partial charge is 0.497 e. The summed E-state index contributed by atoms with van der Waals surface area (Å²) in [7, 11) is 1.61. The van der Waals surface area contributed by atoms with Gasteiger partial charge in [0.15, 0.2) is 0 Å². The van der Waals surface area contributed by atoms with Crippen LogP contribution in [0.3, 0.4) is 0 Å². The van der Waals surface area contributed by atoms with Gasteiger partial charge < -0.3 is 15.4 Å². The van der Waals surface area contributed by atoms with Gasteiger partial charge in [0, 0.05) is 6.04 Å². The van der Waals surface area contributed by atoms with Crippen LogP contribution < -0.4 is 15.4 Å². The van der Waals surface area contributed by atoms with Gasteiger partial charge in [-0.15, -0.1) is 0 Å². The van der Waals surface area contributed by atoms with Gasteiger partial charge in [0.2, 0.25) is 5.91 Å². The molecule has 0 bridgehead atoms. The van der Waals surface area contributed by atoms with Crippen LogP contribution in [-0.4, -0.2) is 48.0 Å². The normalized spacial score (nSPS) is 20.7. The van der Waals surface area contributed by atoms with Crippen molar-refractivity contribution in [3.05, 3.63) is 29.8 Å². The first kappa shape index (κ1) is 19.8. The van der Waals surface area contributed by atoms with Crippen molar-refractivity contribution in [2.45, 2.75) is 51.6 Å². The van der Waals surface area contributed by atoms with Crippen LogP contribution in [0, 0.1) is 0 Å². The fourth-order valence-corrected chi connectivity index (χ4v) is 2.81. The maximum atomic E-state index is 12.7. The number of urea groups is 1. The number of hydrogen-bond donors (Lipinski definition) is 2. The number of aryl methyl sites for hydroxylation is 1. The number of nitrogens with zero attached hydrogens (tertiary/aromatic N) is 1. The van der Waals surface area contributed by atoms with Gasteiger partial charge >= 0.3 is 6.03 Å². The molecule has 0 unspecified atom stereocenters. The number of ether oxygens (including phenoxy) is 1. The van der Waals surface area contributed by atoms with Crippen molar-refractivity contribution in [3.8, 4) is 5.75 Å². The van der Waals surface area contributed by atoms with Gasteiger partial charge in [0.1, 0.15) is 17.8 Å². The molecule has 0 aromatic heterocycles. The van der Waals surface area contributed by atoms with E-state index in [9.17, 15) is 14.4 Å². The van der Waals surface area contributed by atoms with Gasteiger partial charge in [-0.1, -0.05) is 19.1 Å². The number of benzene rings is 1. The molecule has 1 fully saturated rings. The third-order valence-electron chi connectivity index (χ3n) is 4.74. The van der Waals surface area contributed by atoms with Crippen LogP contribution in [0.5, 0.6) is 5.75 Å². The van der Waals surface area contributed by atoms with Gasteiger partial charge in [-0.2, -0.15) is 0 Å². The van der Waals surface area contributed by atoms with E-state index >= 15 is 0 Å². The van der Waals surface area contributed by atoms with E-state index in [0.29, 0.717) is 12.8 Å². The molecule has 1 saturated heterocycles. The first-order valence-electron chi connectivity index (χ1n) is 8.85. The van der Waals surface area contributed by atoms with E-state index in [4.69, 9.17) is 4.74 Å². The molecule has 2 rings (SSSR count). The number of hydrogen-bond acceptors (Lipinski definition) is 4. The lowest BCUT2D eigenvalue weighted by atomic mass is 9.93. The Hall–Kier alpha value is -2.57. The fraction of sp³-hybridized carbons (Fsp3) is 0.526. The molecule has 0 saturated carbocycles. The van der Waals surface area contributed by atoms with Crippen molar-refractivity contribution < 1.29 is 19.1 Å². The highest BCUT2D eigenvalue weighted by Gasteiger charge is 2.47. The standard InChI is InChI=1S/C19H27N3O4/c1-5-13(2)20-16(23)12-22-17(24)19(3,21-18(22)25)11-10-14-6-8-15(26-4)9-7-14/h6-9,13H,5,10-12H2,1-4H3,(H,20,23)(H,21,25)/t13-,19-/m1/s1. The number of imide groups is 1. The summed E-state index contributed by atoms with van der Waals surface area (Å²) in [4.78, 5) is 37.9. The molecule has 7 heteroatoms. The second-order valence-corrected chi connectivity index (χ2v) is 6.88. The lowest BCUT2D eigenvalue weighted by Crippen LogP contribution is -2.46. The van der Waals surface area contributed by atoms with Gasteiger partial charge in [-0.25, -0.2) is 4.79 Å². The van der Waals surface area contributed by atoms with Gasteiger partial charge in [-0.3, -0.25) is 14.5 Å². The second kappa shape index (κ2) is 8.21. The molecule has 1 aromatic rings. The first-order chi connectivity index (χ1) is 12.3. The minimum absolute atomic E-state index is 0.00437. The van der Waals surface area contributed by atoms with Crippen molar-refractivity contribution in [3.63, 3.8) is 0 Å². The molecule has 1 heterocycles. The zero-order chi connectivity index (χ0) is 19.3. The first-order valence-corrected chi connectivity index (χ1v) is 8.85. The summed E-state index contributed by atoms with van der Waals surface area (Å²) in [6.45, 7) is 5.27. The monoisotopic (exact) mass is 361 g/mol. The SMILES string of the molecule is CC[C@@H](C)NC(=O)CN1C(=O)N[C@](C)(CCc2ccc(OC)cc2)C1=O. The zero-order valence-electron chi connectivity index (χ0n) is 15.8. The maximum absolute atomic E-state index is 12.7. The number of carbonyl (C=O) groups is 3. The molecule has 2 N–H and O–H groups in total. The highest BCUT2D eigenvalue weighted by molar-refractivity contribution is 6.08. The molecule has 1 aliphatic rings. The Morgan fingerprint density at radius 2 is 1.96 bits per heavy atom. The Kier molecular flexibility index (Phi) is 6.23. The molecule has 26 heavy (non-hydrogen) atoms. The van der Waals surface area contributed by atoms with Crippen LogP contribution in [0.2, 0.25) is 0 Å². The highest BCUT2D eigenvalue weighted by Crippen LogP contribution is 2.24. The Balaban J connectivity index is 1.97. The molecule has 142 valence electrons. The van der Waals surface area contributed by atoms with E-state index in [1.54, 1.807) is 14.0 Å². The molecule has 0 radical (unpaired) electrons. The fourth-order valence-electron chi connectivity index (χ4n) is 2.81. The third-order valence-corrected chi connectivity index (χ3v) is 4.74. The summed E-state index contributed by atoms with van der Waals surface area (Å²) in [5, 5.41) is 5.50. The Bertz CT molecular complexity index is 674. The molecule has 0 aliphatic carbocycles. The van der Waals surface area contributed by atoms with E-state index in [1.807, 2.05) is 38.1 Å². The third kappa shape index (κ3) is 4.53. The maximum Gasteiger partial charge on any atom is 0.325 e. The van der Waals surface area contributed by atoms with E-state index in [1.165, 1.54) is 0 Å². The van der Waals surface area contributed by atoms with Crippen molar-refractivity contribution in [1.29, 1.82) is 0 Å². The van der Waals surface area contributed by atoms with Crippen LogP contribution in [0.25, 0.3) is 0 Å². The van der Waals surface area contributed by atoms with Crippen LogP contribution in [0.15, 0.2) is 24.3 Å². The quantitative estimate of drug-likeness (QED) is 0.692. The minimum atomic E-state index is -1.01. The molecular weight excluding hydrogens is 334 g/mol. The molecule has 2 atom stereocenters. The predicted octanol–water partition coefficient (Wildman–Crippen LogP) is 1.85. The summed E-state index contributed by atoms with van der Waals surface area (Å²) < 4.78 is 5.13. The Labute approximate surface area is 154 Å². The molecule has 0 spiro atoms. The molecular formula is C19H27N3O4. The summed E-state index contributed by atoms with van der Waals surface area (Å²) in [6.07, 6.45) is 1.86. The molecule has 1 aromatic carbocycles. The van der Waals surface area contributed by atoms with Gasteiger partial charge in [0.25, 0.3) is 5.91 Å². The summed E-state index contributed by atoms with van der Waals surface area (Å²) in [6, 6.07) is 7.06. The predicted molar refractivity (Wildman–Crippen MR) is 97.9 cm³/mol. The summed E-state index contributed by atoms with van der Waals surface area (Å²) >= 11 is 0. The van der Waals surface area contributed by atoms with Crippen LogP contribution in [0.4, 0.5) is 4.79 Å². The second-order valence-electron chi connectivity index (χ2n) is 6.88. The lowest BCUT2D eigenvalue weighted by molar-refractivity contribution is -0.134.